The summed E-state index contributed by atoms with van der Waals surface area (Å²) < 4.78 is 9.34. The number of hydrogen-bond acceptors (Lipinski definition) is 5. The Morgan fingerprint density at radius 3 is 2.57 bits per heavy atom. The second-order valence-electron chi connectivity index (χ2n) is 8.20. The number of fused-ring (bicyclic) bond motifs is 1. The van der Waals surface area contributed by atoms with Gasteiger partial charge >= 0.3 is 11.7 Å². The topological polar surface area (TPSA) is 88.1 Å². The van der Waals surface area contributed by atoms with Gasteiger partial charge in [0.05, 0.1) is 0 Å². The average Bonchev–Trinajstić information content (AvgIpc) is 2.94. The molecule has 0 radical (unpaired) electrons. The molecule has 1 fully saturated rings. The van der Waals surface area contributed by atoms with Crippen molar-refractivity contribution in [2.75, 3.05) is 0 Å². The van der Waals surface area contributed by atoms with Gasteiger partial charge in [0.1, 0.15) is 12.6 Å². The fraction of sp³-hybridized carbons (Fsp3) is 0.684. The first-order chi connectivity index (χ1) is 13.1. The molecule has 2 heterocycles. The average molecular weight is 411 g/mol. The van der Waals surface area contributed by atoms with Crippen molar-refractivity contribution >= 4 is 28.7 Å². The summed E-state index contributed by atoms with van der Waals surface area (Å²) in [5.74, 6) is 0.794. The molecule has 0 aliphatic heterocycles. The molecule has 0 amide bonds. The van der Waals surface area contributed by atoms with E-state index >= 15 is 0 Å². The van der Waals surface area contributed by atoms with Crippen molar-refractivity contribution in [1.29, 1.82) is 0 Å². The van der Waals surface area contributed by atoms with E-state index in [1.807, 2.05) is 0 Å². The molecule has 0 saturated heterocycles. The van der Waals surface area contributed by atoms with Crippen molar-refractivity contribution < 1.29 is 9.53 Å². The number of nitrogens with zero attached hydrogens (tertiary/aromatic N) is 4. The number of halogens is 1. The maximum atomic E-state index is 12.7. The molecule has 3 atom stereocenters. The van der Waals surface area contributed by atoms with Gasteiger partial charge in [-0.25, -0.2) is 4.79 Å². The molecule has 2 aromatic rings. The van der Waals surface area contributed by atoms with E-state index in [1.54, 1.807) is 0 Å². The zero-order valence-corrected chi connectivity index (χ0v) is 17.7. The molecular formula is C19H27ClN4O4. The Bertz CT molecular complexity index is 1020. The highest BCUT2D eigenvalue weighted by Gasteiger charge is 2.33. The first kappa shape index (κ1) is 20.6. The Morgan fingerprint density at radius 2 is 1.93 bits per heavy atom. The maximum absolute atomic E-state index is 12.7. The van der Waals surface area contributed by atoms with E-state index in [9.17, 15) is 14.4 Å². The third-order valence-electron chi connectivity index (χ3n) is 5.83. The fourth-order valence-corrected chi connectivity index (χ4v) is 4.37. The molecule has 1 saturated carbocycles. The summed E-state index contributed by atoms with van der Waals surface area (Å²) in [6, 6.07) is 0. The van der Waals surface area contributed by atoms with Gasteiger partial charge in [-0.15, -0.1) is 0 Å². The van der Waals surface area contributed by atoms with Crippen LogP contribution in [0.5, 0.6) is 0 Å². The van der Waals surface area contributed by atoms with Crippen molar-refractivity contribution in [2.45, 2.75) is 52.7 Å². The van der Waals surface area contributed by atoms with Gasteiger partial charge < -0.3 is 4.74 Å². The molecule has 9 heteroatoms. The van der Waals surface area contributed by atoms with Crippen LogP contribution in [0.2, 0.25) is 5.28 Å². The Morgan fingerprint density at radius 1 is 1.25 bits per heavy atom. The lowest BCUT2D eigenvalue weighted by atomic mass is 9.75. The highest BCUT2D eigenvalue weighted by atomic mass is 35.5. The second kappa shape index (κ2) is 7.73. The van der Waals surface area contributed by atoms with Crippen molar-refractivity contribution in [2.24, 2.45) is 31.8 Å². The highest BCUT2D eigenvalue weighted by Crippen LogP contribution is 2.35. The summed E-state index contributed by atoms with van der Waals surface area (Å²) in [6.07, 6.45) is 2.87. The zero-order valence-electron chi connectivity index (χ0n) is 16.9. The summed E-state index contributed by atoms with van der Waals surface area (Å²) in [5.41, 5.74) is -0.782. The summed E-state index contributed by atoms with van der Waals surface area (Å²) >= 11 is 6.19. The summed E-state index contributed by atoms with van der Waals surface area (Å²) in [6.45, 7) is 6.23. The van der Waals surface area contributed by atoms with Crippen LogP contribution in [0.3, 0.4) is 0 Å². The van der Waals surface area contributed by atoms with E-state index in [2.05, 4.69) is 25.8 Å². The van der Waals surface area contributed by atoms with Crippen LogP contribution in [0, 0.1) is 17.8 Å². The van der Waals surface area contributed by atoms with Crippen LogP contribution < -0.4 is 11.2 Å². The quantitative estimate of drug-likeness (QED) is 0.568. The summed E-state index contributed by atoms with van der Waals surface area (Å²) in [5, 5.41) is -0.0253. The van der Waals surface area contributed by atoms with Gasteiger partial charge in [0.15, 0.2) is 11.2 Å². The minimum Gasteiger partial charge on any atom is -0.461 e. The van der Waals surface area contributed by atoms with Gasteiger partial charge in [0.25, 0.3) is 5.56 Å². The van der Waals surface area contributed by atoms with Crippen molar-refractivity contribution in [3.8, 4) is 0 Å². The first-order valence-electron chi connectivity index (χ1n) is 9.63. The number of carbonyl (C=O) groups is 1. The van der Waals surface area contributed by atoms with E-state index in [0.29, 0.717) is 17.8 Å². The van der Waals surface area contributed by atoms with Crippen molar-refractivity contribution in [1.82, 2.24) is 18.7 Å². The number of imidazole rings is 1. The molecule has 0 bridgehead atoms. The van der Waals surface area contributed by atoms with Crippen LogP contribution in [-0.4, -0.2) is 30.8 Å². The largest absolute Gasteiger partial charge is 0.461 e. The highest BCUT2D eigenvalue weighted by molar-refractivity contribution is 6.29. The Labute approximate surface area is 168 Å². The van der Waals surface area contributed by atoms with Crippen LogP contribution in [-0.2, 0) is 30.2 Å². The molecule has 2 aromatic heterocycles. The number of aromatic nitrogens is 4. The van der Waals surface area contributed by atoms with Crippen molar-refractivity contribution in [3.05, 3.63) is 26.1 Å². The van der Waals surface area contributed by atoms with E-state index in [0.717, 1.165) is 23.8 Å². The Kier molecular flexibility index (Phi) is 5.70. The standard InChI is InChI=1S/C19H27ClN4O4/c1-10(2)12-7-6-11(3)8-13(12)28-14(25)9-24-15-16(21-18(24)20)22(4)19(27)23(5)17(15)26/h10-13H,6-9H2,1-5H3. The number of hydrogen-bond donors (Lipinski definition) is 0. The molecule has 1 aliphatic rings. The molecule has 0 N–H and O–H groups in total. The van der Waals surface area contributed by atoms with Gasteiger partial charge in [0.2, 0.25) is 5.28 Å². The molecule has 0 aromatic carbocycles. The lowest BCUT2D eigenvalue weighted by molar-refractivity contribution is -0.156. The number of ether oxygens (including phenoxy) is 1. The molecule has 3 unspecified atom stereocenters. The number of aryl methyl sites for hydroxylation is 1. The van der Waals surface area contributed by atoms with Crippen LogP contribution >= 0.6 is 11.6 Å². The number of rotatable bonds is 4. The van der Waals surface area contributed by atoms with Gasteiger partial charge in [-0.3, -0.25) is 23.3 Å². The monoisotopic (exact) mass is 410 g/mol. The molecule has 28 heavy (non-hydrogen) atoms. The molecule has 8 nitrogen and oxygen atoms in total. The lowest BCUT2D eigenvalue weighted by Crippen LogP contribution is -2.38. The van der Waals surface area contributed by atoms with Gasteiger partial charge in [-0.1, -0.05) is 27.2 Å². The fourth-order valence-electron chi connectivity index (χ4n) is 4.15. The third-order valence-corrected chi connectivity index (χ3v) is 6.12. The molecular weight excluding hydrogens is 384 g/mol. The second-order valence-corrected chi connectivity index (χ2v) is 8.54. The van der Waals surface area contributed by atoms with Crippen LogP contribution in [0.4, 0.5) is 0 Å². The normalized spacial score (nSPS) is 22.8. The predicted octanol–water partition coefficient (Wildman–Crippen LogP) is 2.09. The SMILES string of the molecule is CC1CCC(C(C)C)C(OC(=O)Cn2c(Cl)nc3c2c(=O)n(C)c(=O)n3C)C1. The minimum atomic E-state index is -0.545. The van der Waals surface area contributed by atoms with Crippen molar-refractivity contribution in [3.63, 3.8) is 0 Å². The van der Waals surface area contributed by atoms with Gasteiger partial charge in [0, 0.05) is 14.1 Å². The zero-order chi connectivity index (χ0) is 20.7. The predicted molar refractivity (Wildman–Crippen MR) is 106 cm³/mol. The maximum Gasteiger partial charge on any atom is 0.332 e. The number of esters is 1. The molecule has 1 aliphatic carbocycles. The van der Waals surface area contributed by atoms with E-state index in [-0.39, 0.29) is 29.1 Å². The Balaban J connectivity index is 1.90. The number of carbonyl (C=O) groups excluding carboxylic acids is 1. The smallest absolute Gasteiger partial charge is 0.332 e. The van der Waals surface area contributed by atoms with Crippen LogP contribution in [0.1, 0.15) is 40.0 Å². The van der Waals surface area contributed by atoms with E-state index in [1.165, 1.54) is 23.2 Å². The van der Waals surface area contributed by atoms with Gasteiger partial charge in [-0.05, 0) is 42.2 Å². The molecule has 3 rings (SSSR count). The van der Waals surface area contributed by atoms with Crippen LogP contribution in [0.25, 0.3) is 11.2 Å². The first-order valence-corrected chi connectivity index (χ1v) is 10.0. The summed E-state index contributed by atoms with van der Waals surface area (Å²) in [4.78, 5) is 41.4. The summed E-state index contributed by atoms with van der Waals surface area (Å²) in [7, 11) is 2.89. The van der Waals surface area contributed by atoms with Gasteiger partial charge in [-0.2, -0.15) is 4.98 Å². The van der Waals surface area contributed by atoms with Crippen LogP contribution in [0.15, 0.2) is 9.59 Å². The van der Waals surface area contributed by atoms with E-state index in [4.69, 9.17) is 16.3 Å². The Hall–Kier alpha value is -2.09. The third kappa shape index (κ3) is 3.62. The molecule has 0 spiro atoms. The van der Waals surface area contributed by atoms with E-state index < -0.39 is 17.2 Å². The minimum absolute atomic E-state index is 0.0253. The molecule has 154 valence electrons. The lowest BCUT2D eigenvalue weighted by Gasteiger charge is -2.36.